The molecule has 2 aromatic rings. The van der Waals surface area contributed by atoms with Gasteiger partial charge in [-0.05, 0) is 35.4 Å². The Morgan fingerprint density at radius 2 is 1.78 bits per heavy atom. The van der Waals surface area contributed by atoms with Crippen molar-refractivity contribution < 1.29 is 5.11 Å². The average molecular weight is 362 g/mol. The Balaban J connectivity index is 2.97. The van der Waals surface area contributed by atoms with Crippen LogP contribution in [0.1, 0.15) is 87.4 Å². The van der Waals surface area contributed by atoms with Crippen LogP contribution in [0, 0.1) is 12.3 Å². The van der Waals surface area contributed by atoms with Crippen molar-refractivity contribution in [1.29, 1.82) is 0 Å². The lowest BCUT2D eigenvalue weighted by Crippen LogP contribution is -2.11. The first-order valence-corrected chi connectivity index (χ1v) is 9.86. The highest BCUT2D eigenvalue weighted by atomic mass is 16.3. The molecule has 0 radical (unpaired) electrons. The quantitative estimate of drug-likeness (QED) is 0.589. The van der Waals surface area contributed by atoms with E-state index in [0.717, 1.165) is 52.0 Å². The van der Waals surface area contributed by atoms with Crippen LogP contribution in [0.3, 0.4) is 0 Å². The summed E-state index contributed by atoms with van der Waals surface area (Å²) < 4.78 is 0. The summed E-state index contributed by atoms with van der Waals surface area (Å²) in [6.07, 6.45) is 12.3. The number of terminal acetylenes is 1. The van der Waals surface area contributed by atoms with E-state index in [1.807, 2.05) is 18.2 Å². The molecule has 142 valence electrons. The Morgan fingerprint density at radius 3 is 2.33 bits per heavy atom. The fourth-order valence-corrected chi connectivity index (χ4v) is 3.43. The van der Waals surface area contributed by atoms with E-state index in [1.54, 1.807) is 0 Å². The molecule has 0 spiro atoms. The van der Waals surface area contributed by atoms with E-state index < -0.39 is 0 Å². The Kier molecular flexibility index (Phi) is 7.39. The first kappa shape index (κ1) is 20.9. The fourth-order valence-electron chi connectivity index (χ4n) is 3.43. The Labute approximate surface area is 164 Å². The number of hydrogen-bond donors (Lipinski definition) is 1. The molecule has 0 saturated carbocycles. The summed E-state index contributed by atoms with van der Waals surface area (Å²) >= 11 is 0. The number of unbranched alkanes of at least 4 members (excludes halogenated alkanes) is 1. The summed E-state index contributed by atoms with van der Waals surface area (Å²) in [7, 11) is 0. The van der Waals surface area contributed by atoms with E-state index in [0.29, 0.717) is 0 Å². The summed E-state index contributed by atoms with van der Waals surface area (Å²) in [5, 5.41) is 10.3. The number of aliphatic hydroxyl groups is 1. The van der Waals surface area contributed by atoms with Gasteiger partial charge in [-0.3, -0.25) is 4.98 Å². The van der Waals surface area contributed by atoms with Crippen molar-refractivity contribution in [1.82, 2.24) is 4.98 Å². The average Bonchev–Trinajstić information content (AvgIpc) is 2.66. The van der Waals surface area contributed by atoms with Gasteiger partial charge < -0.3 is 5.11 Å². The molecule has 0 aliphatic carbocycles. The van der Waals surface area contributed by atoms with Gasteiger partial charge in [0.2, 0.25) is 0 Å². The second-order valence-electron chi connectivity index (χ2n) is 7.50. The van der Waals surface area contributed by atoms with Crippen LogP contribution in [0.2, 0.25) is 0 Å². The maximum absolute atomic E-state index is 10.3. The van der Waals surface area contributed by atoms with E-state index >= 15 is 0 Å². The molecular formula is C25H31NO. The standard InChI is InChI=1S/C25H31NO/c1-7-9-10-15-21-23(20-14-12-11-13-19(20)8-2)22(16-27)25(18(5)6)26-24(21)17(3)4/h2,10-15,17-18,27H,7,9,16H2,1,3-6H3. The van der Waals surface area contributed by atoms with Gasteiger partial charge in [-0.25, -0.2) is 0 Å². The van der Waals surface area contributed by atoms with Crippen LogP contribution in [0.4, 0.5) is 0 Å². The van der Waals surface area contributed by atoms with E-state index in [9.17, 15) is 5.11 Å². The lowest BCUT2D eigenvalue weighted by Gasteiger charge is -2.23. The first-order chi connectivity index (χ1) is 13.0. The fraction of sp³-hybridized carbons (Fsp3) is 0.400. The summed E-state index contributed by atoms with van der Waals surface area (Å²) in [6, 6.07) is 7.97. The first-order valence-electron chi connectivity index (χ1n) is 9.86. The highest BCUT2D eigenvalue weighted by molar-refractivity contribution is 5.83. The third kappa shape index (κ3) is 4.49. The predicted octanol–water partition coefficient (Wildman–Crippen LogP) is 6.28. The zero-order chi connectivity index (χ0) is 20.0. The van der Waals surface area contributed by atoms with Gasteiger partial charge in [-0.1, -0.05) is 77.3 Å². The molecule has 0 aliphatic rings. The maximum Gasteiger partial charge on any atom is 0.0706 e. The Hall–Kier alpha value is -2.37. The molecule has 2 heteroatoms. The lowest BCUT2D eigenvalue weighted by atomic mass is 9.85. The normalized spacial score (nSPS) is 11.5. The molecule has 2 nitrogen and oxygen atoms in total. The third-order valence-electron chi connectivity index (χ3n) is 4.74. The van der Waals surface area contributed by atoms with Gasteiger partial charge in [-0.15, -0.1) is 6.42 Å². The van der Waals surface area contributed by atoms with Crippen LogP contribution in [0.25, 0.3) is 17.2 Å². The molecule has 1 heterocycles. The summed E-state index contributed by atoms with van der Waals surface area (Å²) in [5.41, 5.74) is 6.84. The SMILES string of the molecule is C#Cc1ccccc1-c1c(C=CCCC)c(C(C)C)nc(C(C)C)c1CO. The number of allylic oxidation sites excluding steroid dienone is 1. The van der Waals surface area contributed by atoms with Gasteiger partial charge in [0.1, 0.15) is 0 Å². The van der Waals surface area contributed by atoms with Crippen LogP contribution in [-0.4, -0.2) is 10.1 Å². The van der Waals surface area contributed by atoms with Gasteiger partial charge >= 0.3 is 0 Å². The van der Waals surface area contributed by atoms with Crippen LogP contribution < -0.4 is 0 Å². The molecule has 0 unspecified atom stereocenters. The molecule has 1 N–H and O–H groups in total. The van der Waals surface area contributed by atoms with Crippen LogP contribution in [-0.2, 0) is 6.61 Å². The van der Waals surface area contributed by atoms with Crippen LogP contribution >= 0.6 is 0 Å². The second-order valence-corrected chi connectivity index (χ2v) is 7.50. The number of aromatic nitrogens is 1. The van der Waals surface area contributed by atoms with Crippen LogP contribution in [0.15, 0.2) is 30.3 Å². The van der Waals surface area contributed by atoms with E-state index in [-0.39, 0.29) is 18.4 Å². The topological polar surface area (TPSA) is 33.1 Å². The predicted molar refractivity (Wildman–Crippen MR) is 116 cm³/mol. The Bertz CT molecular complexity index is 853. The number of pyridine rings is 1. The maximum atomic E-state index is 10.3. The van der Waals surface area contributed by atoms with Gasteiger partial charge in [-0.2, -0.15) is 0 Å². The molecule has 0 amide bonds. The minimum atomic E-state index is -0.0538. The van der Waals surface area contributed by atoms with Gasteiger partial charge in [0.25, 0.3) is 0 Å². The molecule has 0 bridgehead atoms. The molecule has 27 heavy (non-hydrogen) atoms. The van der Waals surface area contributed by atoms with Crippen molar-refractivity contribution in [3.63, 3.8) is 0 Å². The number of aliphatic hydroxyl groups excluding tert-OH is 1. The molecule has 0 aliphatic heterocycles. The van der Waals surface area contributed by atoms with Crippen LogP contribution in [0.5, 0.6) is 0 Å². The molecule has 0 saturated heterocycles. The summed E-state index contributed by atoms with van der Waals surface area (Å²) in [5.74, 6) is 3.30. The monoisotopic (exact) mass is 361 g/mol. The zero-order valence-corrected chi connectivity index (χ0v) is 17.2. The van der Waals surface area contributed by atoms with Gasteiger partial charge in [0.15, 0.2) is 0 Å². The Morgan fingerprint density at radius 1 is 1.11 bits per heavy atom. The molecular weight excluding hydrogens is 330 g/mol. The summed E-state index contributed by atoms with van der Waals surface area (Å²) in [6.45, 7) is 10.7. The lowest BCUT2D eigenvalue weighted by molar-refractivity contribution is 0.280. The highest BCUT2D eigenvalue weighted by Gasteiger charge is 2.23. The zero-order valence-electron chi connectivity index (χ0n) is 17.2. The minimum Gasteiger partial charge on any atom is -0.392 e. The van der Waals surface area contributed by atoms with Crippen molar-refractivity contribution in [2.45, 2.75) is 65.9 Å². The van der Waals surface area contributed by atoms with Crippen molar-refractivity contribution in [3.8, 4) is 23.5 Å². The van der Waals surface area contributed by atoms with Gasteiger partial charge in [0, 0.05) is 22.4 Å². The molecule has 1 aromatic carbocycles. The number of rotatable bonds is 7. The van der Waals surface area contributed by atoms with E-state index in [4.69, 9.17) is 11.4 Å². The van der Waals surface area contributed by atoms with Crippen molar-refractivity contribution in [3.05, 3.63) is 58.4 Å². The number of hydrogen-bond acceptors (Lipinski definition) is 2. The van der Waals surface area contributed by atoms with Gasteiger partial charge in [0.05, 0.1) is 12.3 Å². The molecule has 0 atom stereocenters. The highest BCUT2D eigenvalue weighted by Crippen LogP contribution is 2.38. The molecule has 1 aromatic heterocycles. The van der Waals surface area contributed by atoms with Crippen molar-refractivity contribution >= 4 is 6.08 Å². The number of benzene rings is 1. The van der Waals surface area contributed by atoms with E-state index in [1.165, 1.54) is 0 Å². The van der Waals surface area contributed by atoms with Crippen molar-refractivity contribution in [2.24, 2.45) is 0 Å². The summed E-state index contributed by atoms with van der Waals surface area (Å²) in [4.78, 5) is 5.00. The smallest absolute Gasteiger partial charge is 0.0706 e. The minimum absolute atomic E-state index is 0.0538. The largest absolute Gasteiger partial charge is 0.392 e. The van der Waals surface area contributed by atoms with E-state index in [2.05, 4.69) is 58.8 Å². The molecule has 2 rings (SSSR count). The number of nitrogens with zero attached hydrogens (tertiary/aromatic N) is 1. The van der Waals surface area contributed by atoms with Crippen molar-refractivity contribution in [2.75, 3.05) is 0 Å². The molecule has 0 fully saturated rings. The third-order valence-corrected chi connectivity index (χ3v) is 4.74. The second kappa shape index (κ2) is 9.53.